The summed E-state index contributed by atoms with van der Waals surface area (Å²) in [5.41, 5.74) is 3.75. The molecule has 0 radical (unpaired) electrons. The summed E-state index contributed by atoms with van der Waals surface area (Å²) in [6.45, 7) is 0. The van der Waals surface area contributed by atoms with Crippen LogP contribution in [0.25, 0.3) is 16.5 Å². The molecule has 1 aliphatic carbocycles. The quantitative estimate of drug-likeness (QED) is 0.629. The molecule has 0 fully saturated rings. The number of nitrogens with one attached hydrogen (secondary N) is 1. The van der Waals surface area contributed by atoms with E-state index in [1.807, 2.05) is 18.2 Å². The second-order valence-electron chi connectivity index (χ2n) is 4.21. The number of H-pyrrole nitrogens is 1. The number of rotatable bonds is 3. The van der Waals surface area contributed by atoms with Gasteiger partial charge >= 0.3 is 0 Å². The fraction of sp³-hybridized carbons (Fsp3) is 0.231. The molecule has 4 heteroatoms. The van der Waals surface area contributed by atoms with Gasteiger partial charge in [-0.05, 0) is 37.0 Å². The lowest BCUT2D eigenvalue weighted by Crippen LogP contribution is -2.02. The van der Waals surface area contributed by atoms with Gasteiger partial charge in [-0.2, -0.15) is 5.90 Å². The third-order valence-electron chi connectivity index (χ3n) is 3.18. The lowest BCUT2D eigenvalue weighted by molar-refractivity contribution is -0.211. The Balaban J connectivity index is 2.04. The topological polar surface area (TPSA) is 60.3 Å². The lowest BCUT2D eigenvalue weighted by atomic mass is 10.0. The van der Waals surface area contributed by atoms with Crippen molar-refractivity contribution < 1.29 is 9.88 Å². The molecule has 17 heavy (non-hydrogen) atoms. The van der Waals surface area contributed by atoms with Crippen molar-refractivity contribution in [2.75, 3.05) is 0 Å². The Kier molecular flexibility index (Phi) is 2.59. The van der Waals surface area contributed by atoms with Gasteiger partial charge in [0, 0.05) is 28.7 Å². The van der Waals surface area contributed by atoms with E-state index >= 15 is 0 Å². The summed E-state index contributed by atoms with van der Waals surface area (Å²) in [7, 11) is 0. The van der Waals surface area contributed by atoms with Crippen molar-refractivity contribution in [3.05, 3.63) is 36.0 Å². The Labute approximate surface area is 98.9 Å². The highest BCUT2D eigenvalue weighted by Crippen LogP contribution is 2.33. The standard InChI is InChI=1S/C13H14N2O2/c14-17-16-10-5-6-11-12(8-15-13(11)7-10)9-3-1-2-4-9/h3,5-8,15H,1-2,4,14H2. The molecule has 1 aromatic carbocycles. The minimum absolute atomic E-state index is 0.591. The van der Waals surface area contributed by atoms with Crippen molar-refractivity contribution in [3.8, 4) is 5.75 Å². The highest BCUT2D eigenvalue weighted by molar-refractivity contribution is 5.93. The Morgan fingerprint density at radius 2 is 2.24 bits per heavy atom. The maximum absolute atomic E-state index is 4.87. The number of benzene rings is 1. The summed E-state index contributed by atoms with van der Waals surface area (Å²) in [5.74, 6) is 5.46. The van der Waals surface area contributed by atoms with Crippen molar-refractivity contribution in [2.24, 2.45) is 5.90 Å². The highest BCUT2D eigenvalue weighted by atomic mass is 17.3. The molecule has 0 spiro atoms. The molecule has 2 aromatic rings. The Bertz CT molecular complexity index is 572. The summed E-state index contributed by atoms with van der Waals surface area (Å²) in [6.07, 6.45) is 7.97. The number of nitrogens with two attached hydrogens (primary N) is 1. The van der Waals surface area contributed by atoms with E-state index in [-0.39, 0.29) is 0 Å². The molecule has 88 valence electrons. The summed E-state index contributed by atoms with van der Waals surface area (Å²) in [5, 5.41) is 1.21. The van der Waals surface area contributed by atoms with Gasteiger partial charge in [0.25, 0.3) is 0 Å². The largest absolute Gasteiger partial charge is 0.360 e. The van der Waals surface area contributed by atoms with Crippen molar-refractivity contribution >= 4 is 16.5 Å². The molecule has 0 atom stereocenters. The van der Waals surface area contributed by atoms with Crippen molar-refractivity contribution in [1.29, 1.82) is 0 Å². The van der Waals surface area contributed by atoms with Crippen LogP contribution in [0.5, 0.6) is 5.75 Å². The molecule has 3 N–H and O–H groups in total. The summed E-state index contributed by atoms with van der Waals surface area (Å²) in [4.78, 5) is 12.2. The molecule has 1 aromatic heterocycles. The zero-order valence-corrected chi connectivity index (χ0v) is 9.40. The first kappa shape index (κ1) is 10.4. The van der Waals surface area contributed by atoms with Crippen molar-refractivity contribution in [1.82, 2.24) is 4.98 Å². The summed E-state index contributed by atoms with van der Waals surface area (Å²) in [6, 6.07) is 5.75. The zero-order chi connectivity index (χ0) is 11.7. The van der Waals surface area contributed by atoms with E-state index < -0.39 is 0 Å². The van der Waals surface area contributed by atoms with Crippen molar-refractivity contribution in [3.63, 3.8) is 0 Å². The van der Waals surface area contributed by atoms with Crippen LogP contribution in [0.4, 0.5) is 0 Å². The van der Waals surface area contributed by atoms with Gasteiger partial charge in [-0.15, -0.1) is 0 Å². The Morgan fingerprint density at radius 1 is 1.29 bits per heavy atom. The number of allylic oxidation sites excluding steroid dienone is 2. The van der Waals surface area contributed by atoms with Crippen LogP contribution in [0.1, 0.15) is 24.8 Å². The molecule has 0 saturated heterocycles. The second-order valence-corrected chi connectivity index (χ2v) is 4.21. The fourth-order valence-corrected chi connectivity index (χ4v) is 2.39. The summed E-state index contributed by atoms with van der Waals surface area (Å²) >= 11 is 0. The van der Waals surface area contributed by atoms with E-state index in [1.54, 1.807) is 0 Å². The first-order chi connectivity index (χ1) is 8.38. The Hall–Kier alpha value is -1.78. The molecule has 4 nitrogen and oxygen atoms in total. The SMILES string of the molecule is NOOc1ccc2c(C3=CCCC3)c[nH]c2c1. The molecule has 0 saturated carbocycles. The third-order valence-corrected chi connectivity index (χ3v) is 3.18. The van der Waals surface area contributed by atoms with Crippen LogP contribution < -0.4 is 10.8 Å². The van der Waals surface area contributed by atoms with Gasteiger partial charge < -0.3 is 9.87 Å². The number of hydrogen-bond acceptors (Lipinski definition) is 3. The molecule has 0 aliphatic heterocycles. The van der Waals surface area contributed by atoms with Gasteiger partial charge in [0.1, 0.15) is 0 Å². The molecule has 1 heterocycles. The minimum Gasteiger partial charge on any atom is -0.360 e. The Morgan fingerprint density at radius 3 is 3.00 bits per heavy atom. The predicted molar refractivity (Wildman–Crippen MR) is 66.0 cm³/mol. The number of aromatic amines is 1. The van der Waals surface area contributed by atoms with Crippen LogP contribution in [0.15, 0.2) is 30.5 Å². The van der Waals surface area contributed by atoms with Gasteiger partial charge in [0.2, 0.25) is 0 Å². The number of aromatic nitrogens is 1. The van der Waals surface area contributed by atoms with Crippen molar-refractivity contribution in [2.45, 2.75) is 19.3 Å². The molecule has 0 unspecified atom stereocenters. The van der Waals surface area contributed by atoms with E-state index in [0.717, 1.165) is 11.9 Å². The third kappa shape index (κ3) is 1.81. The highest BCUT2D eigenvalue weighted by Gasteiger charge is 2.12. The van der Waals surface area contributed by atoms with E-state index in [0.29, 0.717) is 5.75 Å². The zero-order valence-electron chi connectivity index (χ0n) is 9.40. The maximum Gasteiger partial charge on any atom is 0.169 e. The van der Waals surface area contributed by atoms with Gasteiger partial charge in [0.15, 0.2) is 5.75 Å². The first-order valence-corrected chi connectivity index (χ1v) is 5.72. The van der Waals surface area contributed by atoms with E-state index in [1.165, 1.54) is 29.4 Å². The second kappa shape index (κ2) is 4.24. The van der Waals surface area contributed by atoms with Gasteiger partial charge in [-0.3, -0.25) is 0 Å². The summed E-state index contributed by atoms with van der Waals surface area (Å²) < 4.78 is 0. The number of fused-ring (bicyclic) bond motifs is 1. The lowest BCUT2D eigenvalue weighted by Gasteiger charge is -2.01. The van der Waals surface area contributed by atoms with Crippen LogP contribution in [-0.4, -0.2) is 4.98 Å². The first-order valence-electron chi connectivity index (χ1n) is 5.72. The van der Waals surface area contributed by atoms with Crippen LogP contribution in [-0.2, 0) is 4.99 Å². The maximum atomic E-state index is 4.87. The smallest absolute Gasteiger partial charge is 0.169 e. The van der Waals surface area contributed by atoms with Crippen LogP contribution in [0.2, 0.25) is 0 Å². The predicted octanol–water partition coefficient (Wildman–Crippen LogP) is 2.92. The van der Waals surface area contributed by atoms with Gasteiger partial charge in [-0.25, -0.2) is 0 Å². The fourth-order valence-electron chi connectivity index (χ4n) is 2.39. The average molecular weight is 230 g/mol. The van der Waals surface area contributed by atoms with E-state index in [9.17, 15) is 0 Å². The minimum atomic E-state index is 0.591. The number of hydrogen-bond donors (Lipinski definition) is 2. The normalized spacial score (nSPS) is 15.2. The van der Waals surface area contributed by atoms with Gasteiger partial charge in [-0.1, -0.05) is 11.1 Å². The van der Waals surface area contributed by atoms with Crippen LogP contribution in [0, 0.1) is 0 Å². The van der Waals surface area contributed by atoms with Crippen LogP contribution >= 0.6 is 0 Å². The molecule has 1 aliphatic rings. The monoisotopic (exact) mass is 230 g/mol. The van der Waals surface area contributed by atoms with Gasteiger partial charge in [0.05, 0.1) is 0 Å². The molecular formula is C13H14N2O2. The molecule has 3 rings (SSSR count). The van der Waals surface area contributed by atoms with Crippen LogP contribution in [0.3, 0.4) is 0 Å². The average Bonchev–Trinajstić information content (AvgIpc) is 2.96. The molecular weight excluding hydrogens is 216 g/mol. The molecule has 0 amide bonds. The van der Waals surface area contributed by atoms with E-state index in [4.69, 9.17) is 10.8 Å². The van der Waals surface area contributed by atoms with E-state index in [2.05, 4.69) is 22.2 Å². The molecule has 0 bridgehead atoms.